The molecular formula is C21H22N4O2. The topological polar surface area (TPSA) is 87.1 Å². The van der Waals surface area contributed by atoms with Crippen molar-refractivity contribution in [3.05, 3.63) is 71.4 Å². The highest BCUT2D eigenvalue weighted by Gasteiger charge is 2.09. The van der Waals surface area contributed by atoms with E-state index in [9.17, 15) is 4.79 Å². The highest BCUT2D eigenvalue weighted by Crippen LogP contribution is 2.26. The first kappa shape index (κ1) is 18.4. The van der Waals surface area contributed by atoms with Crippen LogP contribution in [0.5, 0.6) is 0 Å². The molecule has 2 aromatic carbocycles. The van der Waals surface area contributed by atoms with Crippen LogP contribution in [-0.4, -0.2) is 21.0 Å². The number of nitrogens with zero attached hydrogens (tertiary/aromatic N) is 2. The molecule has 6 nitrogen and oxygen atoms in total. The first-order valence-corrected chi connectivity index (χ1v) is 8.74. The second-order valence-electron chi connectivity index (χ2n) is 6.60. The highest BCUT2D eigenvalue weighted by molar-refractivity contribution is 5.89. The zero-order valence-electron chi connectivity index (χ0n) is 15.5. The highest BCUT2D eigenvalue weighted by atomic mass is 16.4. The molecule has 0 saturated carbocycles. The van der Waals surface area contributed by atoms with Crippen LogP contribution < -0.4 is 10.6 Å². The van der Waals surface area contributed by atoms with Gasteiger partial charge in [-0.25, -0.2) is 9.78 Å². The maximum Gasteiger partial charge on any atom is 0.335 e. The number of aromatic nitrogens is 2. The van der Waals surface area contributed by atoms with Gasteiger partial charge >= 0.3 is 5.97 Å². The van der Waals surface area contributed by atoms with Gasteiger partial charge in [-0.05, 0) is 42.7 Å². The monoisotopic (exact) mass is 362 g/mol. The number of anilines is 4. The maximum absolute atomic E-state index is 11.1. The minimum atomic E-state index is -0.967. The summed E-state index contributed by atoms with van der Waals surface area (Å²) >= 11 is 0. The number of carbonyl (C=O) groups is 1. The Hall–Kier alpha value is -3.41. The Bertz CT molecular complexity index is 970. The molecule has 0 amide bonds. The third-order valence-electron chi connectivity index (χ3n) is 4.07. The molecule has 6 heteroatoms. The fraction of sp³-hybridized carbons (Fsp3) is 0.190. The summed E-state index contributed by atoms with van der Waals surface area (Å²) in [6, 6.07) is 16.5. The standard InChI is InChI=1S/C21H22N4O2/c1-13(2)17-9-4-5-10-18(17)24-21-22-14(3)11-19(25-21)23-16-8-6-7-15(12-16)20(26)27/h4-13H,1-3H3,(H,26,27)(H2,22,23,24,25). The number of rotatable bonds is 6. The van der Waals surface area contributed by atoms with Gasteiger partial charge in [0.05, 0.1) is 5.56 Å². The Morgan fingerprint density at radius 2 is 1.78 bits per heavy atom. The minimum absolute atomic E-state index is 0.218. The van der Waals surface area contributed by atoms with Crippen molar-refractivity contribution in [1.29, 1.82) is 0 Å². The molecule has 0 bridgehead atoms. The van der Waals surface area contributed by atoms with Crippen LogP contribution >= 0.6 is 0 Å². The molecule has 0 spiro atoms. The van der Waals surface area contributed by atoms with E-state index in [0.717, 1.165) is 11.4 Å². The van der Waals surface area contributed by atoms with Crippen molar-refractivity contribution in [3.63, 3.8) is 0 Å². The predicted octanol–water partition coefficient (Wildman–Crippen LogP) is 5.09. The summed E-state index contributed by atoms with van der Waals surface area (Å²) in [7, 11) is 0. The number of hydrogen-bond acceptors (Lipinski definition) is 5. The Kier molecular flexibility index (Phi) is 5.35. The molecule has 27 heavy (non-hydrogen) atoms. The molecule has 0 aliphatic carbocycles. The summed E-state index contributed by atoms with van der Waals surface area (Å²) in [5.74, 6) is 0.481. The van der Waals surface area contributed by atoms with E-state index in [4.69, 9.17) is 5.11 Å². The summed E-state index contributed by atoms with van der Waals surface area (Å²) in [5.41, 5.74) is 3.83. The second kappa shape index (κ2) is 7.86. The summed E-state index contributed by atoms with van der Waals surface area (Å²) in [4.78, 5) is 20.1. The van der Waals surface area contributed by atoms with Gasteiger partial charge in [-0.3, -0.25) is 0 Å². The van der Waals surface area contributed by atoms with Crippen molar-refractivity contribution < 1.29 is 9.90 Å². The number of carboxylic acids is 1. The molecule has 0 fully saturated rings. The fourth-order valence-corrected chi connectivity index (χ4v) is 2.80. The number of aromatic carboxylic acids is 1. The van der Waals surface area contributed by atoms with E-state index in [1.54, 1.807) is 24.3 Å². The zero-order chi connectivity index (χ0) is 19.4. The first-order valence-electron chi connectivity index (χ1n) is 8.74. The first-order chi connectivity index (χ1) is 12.9. The summed E-state index contributed by atoms with van der Waals surface area (Å²) in [6.45, 7) is 6.17. The van der Waals surface area contributed by atoms with Crippen molar-refractivity contribution in [2.24, 2.45) is 0 Å². The second-order valence-corrected chi connectivity index (χ2v) is 6.60. The number of nitrogens with one attached hydrogen (secondary N) is 2. The van der Waals surface area contributed by atoms with E-state index in [2.05, 4.69) is 40.5 Å². The summed E-state index contributed by atoms with van der Waals surface area (Å²) < 4.78 is 0. The molecule has 0 saturated heterocycles. The lowest BCUT2D eigenvalue weighted by Gasteiger charge is -2.15. The minimum Gasteiger partial charge on any atom is -0.478 e. The molecule has 138 valence electrons. The smallest absolute Gasteiger partial charge is 0.335 e. The molecule has 3 N–H and O–H groups in total. The Morgan fingerprint density at radius 1 is 1.00 bits per heavy atom. The molecule has 0 unspecified atom stereocenters. The molecule has 0 radical (unpaired) electrons. The van der Waals surface area contributed by atoms with Gasteiger partial charge in [-0.1, -0.05) is 38.1 Å². The van der Waals surface area contributed by atoms with Crippen molar-refractivity contribution in [3.8, 4) is 0 Å². The van der Waals surface area contributed by atoms with Crippen molar-refractivity contribution in [2.45, 2.75) is 26.7 Å². The Morgan fingerprint density at radius 3 is 2.52 bits per heavy atom. The van der Waals surface area contributed by atoms with Crippen LogP contribution in [0.3, 0.4) is 0 Å². The molecule has 0 aliphatic heterocycles. The molecule has 0 aliphatic rings. The summed E-state index contributed by atoms with van der Waals surface area (Å²) in [5, 5.41) is 15.6. The van der Waals surface area contributed by atoms with Crippen LogP contribution in [0.1, 0.15) is 41.4 Å². The van der Waals surface area contributed by atoms with Crippen LogP contribution in [-0.2, 0) is 0 Å². The summed E-state index contributed by atoms with van der Waals surface area (Å²) in [6.07, 6.45) is 0. The number of benzene rings is 2. The molecule has 1 aromatic heterocycles. The zero-order valence-corrected chi connectivity index (χ0v) is 15.5. The van der Waals surface area contributed by atoms with Crippen LogP contribution in [0.25, 0.3) is 0 Å². The van der Waals surface area contributed by atoms with Crippen molar-refractivity contribution in [1.82, 2.24) is 9.97 Å². The van der Waals surface area contributed by atoms with Gasteiger partial charge in [0.1, 0.15) is 5.82 Å². The van der Waals surface area contributed by atoms with Crippen LogP contribution in [0.4, 0.5) is 23.1 Å². The average Bonchev–Trinajstić information content (AvgIpc) is 2.61. The SMILES string of the molecule is Cc1cc(Nc2cccc(C(=O)O)c2)nc(Nc2ccccc2C(C)C)n1. The Labute approximate surface area is 158 Å². The fourth-order valence-electron chi connectivity index (χ4n) is 2.80. The van der Waals surface area contributed by atoms with E-state index in [1.807, 2.05) is 31.2 Å². The number of aryl methyl sites for hydroxylation is 1. The number of para-hydroxylation sites is 1. The maximum atomic E-state index is 11.1. The van der Waals surface area contributed by atoms with Gasteiger partial charge in [-0.2, -0.15) is 4.98 Å². The normalized spacial score (nSPS) is 10.7. The average molecular weight is 362 g/mol. The van der Waals surface area contributed by atoms with Gasteiger partial charge in [0, 0.05) is 23.1 Å². The van der Waals surface area contributed by atoms with Crippen LogP contribution in [0.2, 0.25) is 0 Å². The lowest BCUT2D eigenvalue weighted by Crippen LogP contribution is -2.05. The Balaban J connectivity index is 1.87. The van der Waals surface area contributed by atoms with Gasteiger partial charge in [-0.15, -0.1) is 0 Å². The van der Waals surface area contributed by atoms with Gasteiger partial charge in [0.2, 0.25) is 5.95 Å². The molecule has 0 atom stereocenters. The van der Waals surface area contributed by atoms with Crippen LogP contribution in [0, 0.1) is 6.92 Å². The van der Waals surface area contributed by atoms with E-state index >= 15 is 0 Å². The quantitative estimate of drug-likeness (QED) is 0.566. The van der Waals surface area contributed by atoms with Gasteiger partial charge in [0.15, 0.2) is 0 Å². The number of hydrogen-bond donors (Lipinski definition) is 3. The third kappa shape index (κ3) is 4.61. The molecule has 3 rings (SSSR count). The van der Waals surface area contributed by atoms with Crippen molar-refractivity contribution >= 4 is 29.1 Å². The molecule has 3 aromatic rings. The molecule has 1 heterocycles. The lowest BCUT2D eigenvalue weighted by atomic mass is 10.0. The van der Waals surface area contributed by atoms with E-state index in [1.165, 1.54) is 5.56 Å². The largest absolute Gasteiger partial charge is 0.478 e. The predicted molar refractivity (Wildman–Crippen MR) is 107 cm³/mol. The van der Waals surface area contributed by atoms with Crippen LogP contribution in [0.15, 0.2) is 54.6 Å². The van der Waals surface area contributed by atoms with E-state index < -0.39 is 5.97 Å². The third-order valence-corrected chi connectivity index (χ3v) is 4.07. The van der Waals surface area contributed by atoms with E-state index in [-0.39, 0.29) is 5.56 Å². The number of carboxylic acid groups (broad SMARTS) is 1. The molecular weight excluding hydrogens is 340 g/mol. The van der Waals surface area contributed by atoms with Gasteiger partial charge in [0.25, 0.3) is 0 Å². The lowest BCUT2D eigenvalue weighted by molar-refractivity contribution is 0.0697. The van der Waals surface area contributed by atoms with E-state index in [0.29, 0.717) is 23.4 Å². The van der Waals surface area contributed by atoms with Crippen molar-refractivity contribution in [2.75, 3.05) is 10.6 Å². The van der Waals surface area contributed by atoms with Gasteiger partial charge < -0.3 is 15.7 Å².